The second-order valence-corrected chi connectivity index (χ2v) is 3.82. The van der Waals surface area contributed by atoms with E-state index < -0.39 is 0 Å². The van der Waals surface area contributed by atoms with E-state index in [9.17, 15) is 0 Å². The third kappa shape index (κ3) is 0.864. The van der Waals surface area contributed by atoms with Crippen LogP contribution in [0.1, 0.15) is 0 Å². The normalized spacial score (nSPS) is 19.7. The molecular formula is C5H6Te. The fraction of sp³-hybridized carbons (Fsp3) is 0.200. The van der Waals surface area contributed by atoms with Gasteiger partial charge < -0.3 is 0 Å². The van der Waals surface area contributed by atoms with E-state index in [1.165, 1.54) is 10.0 Å². The van der Waals surface area contributed by atoms with Gasteiger partial charge in [-0.15, -0.1) is 0 Å². The summed E-state index contributed by atoms with van der Waals surface area (Å²) in [6.07, 6.45) is 2.14. The molecule has 0 amide bonds. The van der Waals surface area contributed by atoms with Crippen molar-refractivity contribution < 1.29 is 0 Å². The van der Waals surface area contributed by atoms with Crippen LogP contribution in [-0.2, 0) is 0 Å². The first kappa shape index (κ1) is 4.43. The Labute approximate surface area is 48.0 Å². The van der Waals surface area contributed by atoms with Gasteiger partial charge in [0.2, 0.25) is 0 Å². The first-order valence-electron chi connectivity index (χ1n) is 1.85. The topological polar surface area (TPSA) is 0 Å². The average Bonchev–Trinajstić information content (AvgIpc) is 1.86. The Hall–Kier alpha value is 0.270. The molecule has 0 radical (unpaired) electrons. The Balaban J connectivity index is 2.59. The van der Waals surface area contributed by atoms with Gasteiger partial charge in [-0.1, -0.05) is 0 Å². The zero-order valence-electron chi connectivity index (χ0n) is 3.48. The van der Waals surface area contributed by atoms with Crippen LogP contribution >= 0.6 is 0 Å². The van der Waals surface area contributed by atoms with Gasteiger partial charge in [0, 0.05) is 0 Å². The molecule has 0 N–H and O–H groups in total. The van der Waals surface area contributed by atoms with Gasteiger partial charge in [-0.05, 0) is 0 Å². The maximum absolute atomic E-state index is 3.80. The molecule has 0 aliphatic carbocycles. The molecule has 0 bridgehead atoms. The molecule has 0 unspecified atom stereocenters. The second kappa shape index (κ2) is 1.82. The molecule has 0 aromatic heterocycles. The summed E-state index contributed by atoms with van der Waals surface area (Å²) in [5.74, 6) is 0. The van der Waals surface area contributed by atoms with Crippen molar-refractivity contribution in [2.75, 3.05) is 0 Å². The zero-order chi connectivity index (χ0) is 4.41. The van der Waals surface area contributed by atoms with Gasteiger partial charge >= 0.3 is 47.7 Å². The third-order valence-electron chi connectivity index (χ3n) is 0.669. The summed E-state index contributed by atoms with van der Waals surface area (Å²) in [6.45, 7) is 3.80. The van der Waals surface area contributed by atoms with Crippen LogP contribution in [0.15, 0.2) is 22.4 Å². The van der Waals surface area contributed by atoms with Gasteiger partial charge in [0.15, 0.2) is 0 Å². The summed E-state index contributed by atoms with van der Waals surface area (Å²) in [5.41, 5.74) is 1.33. The first-order chi connectivity index (χ1) is 2.89. The van der Waals surface area contributed by atoms with Crippen molar-refractivity contribution in [2.45, 2.75) is 4.47 Å². The Morgan fingerprint density at radius 1 is 1.83 bits per heavy atom. The van der Waals surface area contributed by atoms with Crippen molar-refractivity contribution >= 4 is 20.9 Å². The molecule has 0 aromatic rings. The predicted molar refractivity (Wildman–Crippen MR) is 28.8 cm³/mol. The summed E-state index contributed by atoms with van der Waals surface area (Å²) in [5, 5.41) is 0. The number of rotatable bonds is 0. The van der Waals surface area contributed by atoms with E-state index in [-0.39, 0.29) is 20.9 Å². The molecule has 0 saturated heterocycles. The van der Waals surface area contributed by atoms with Crippen molar-refractivity contribution in [3.8, 4) is 0 Å². The summed E-state index contributed by atoms with van der Waals surface area (Å²) in [6, 6.07) is 0. The Morgan fingerprint density at radius 3 is 2.83 bits per heavy atom. The monoisotopic (exact) mass is 196 g/mol. The number of hydrogen-bond acceptors (Lipinski definition) is 0. The van der Waals surface area contributed by atoms with Crippen LogP contribution in [-0.4, -0.2) is 20.9 Å². The Bertz CT molecular complexity index is 92.1. The van der Waals surface area contributed by atoms with E-state index in [1.807, 2.05) is 0 Å². The summed E-state index contributed by atoms with van der Waals surface area (Å²) >= 11 is 0.279. The number of hydrogen-bond donors (Lipinski definition) is 0. The molecule has 6 heavy (non-hydrogen) atoms. The minimum atomic E-state index is 0.279. The molecule has 1 rings (SSSR count). The first-order valence-corrected chi connectivity index (χ1v) is 4.85. The van der Waals surface area contributed by atoms with E-state index in [1.54, 1.807) is 0 Å². The van der Waals surface area contributed by atoms with Crippen LogP contribution in [0.5, 0.6) is 0 Å². The molecule has 0 fully saturated rings. The Kier molecular flexibility index (Phi) is 1.34. The summed E-state index contributed by atoms with van der Waals surface area (Å²) in [7, 11) is 0. The average molecular weight is 194 g/mol. The quantitative estimate of drug-likeness (QED) is 0.507. The van der Waals surface area contributed by atoms with Crippen LogP contribution in [0.25, 0.3) is 0 Å². The van der Waals surface area contributed by atoms with Crippen molar-refractivity contribution in [1.29, 1.82) is 0 Å². The molecule has 32 valence electrons. The molecule has 0 atom stereocenters. The predicted octanol–water partition coefficient (Wildman–Crippen LogP) is 1.19. The molecule has 0 spiro atoms. The van der Waals surface area contributed by atoms with Crippen LogP contribution in [0.3, 0.4) is 0 Å². The van der Waals surface area contributed by atoms with Gasteiger partial charge in [0.25, 0.3) is 0 Å². The molecule has 0 aromatic carbocycles. The molecule has 0 nitrogen and oxygen atoms in total. The fourth-order valence-corrected chi connectivity index (χ4v) is 2.33. The fourth-order valence-electron chi connectivity index (χ4n) is 0.348. The van der Waals surface area contributed by atoms with Gasteiger partial charge in [0.05, 0.1) is 0 Å². The van der Waals surface area contributed by atoms with Crippen LogP contribution < -0.4 is 0 Å². The van der Waals surface area contributed by atoms with E-state index in [4.69, 9.17) is 0 Å². The van der Waals surface area contributed by atoms with Crippen LogP contribution in [0.2, 0.25) is 4.47 Å². The minimum absolute atomic E-state index is 0.279. The SMILES string of the molecule is C=C1C=C[Te]C1. The zero-order valence-corrected chi connectivity index (χ0v) is 5.81. The van der Waals surface area contributed by atoms with Crippen molar-refractivity contribution in [3.63, 3.8) is 0 Å². The standard InChI is InChI=1S/C5H6Te/c1-5-2-3-6-4-5/h2-3H,1,4H2. The molecule has 0 saturated carbocycles. The Morgan fingerprint density at radius 2 is 2.67 bits per heavy atom. The van der Waals surface area contributed by atoms with E-state index in [2.05, 4.69) is 16.8 Å². The van der Waals surface area contributed by atoms with Gasteiger partial charge in [-0.25, -0.2) is 0 Å². The molecular weight excluding hydrogens is 188 g/mol. The molecule has 1 heterocycles. The third-order valence-corrected chi connectivity index (χ3v) is 3.14. The van der Waals surface area contributed by atoms with Crippen LogP contribution in [0, 0.1) is 0 Å². The van der Waals surface area contributed by atoms with Crippen molar-refractivity contribution in [2.24, 2.45) is 0 Å². The second-order valence-electron chi connectivity index (χ2n) is 1.27. The molecule has 1 aliphatic rings. The summed E-state index contributed by atoms with van der Waals surface area (Å²) in [4.78, 5) is 0. The van der Waals surface area contributed by atoms with E-state index in [0.717, 1.165) is 0 Å². The van der Waals surface area contributed by atoms with Crippen LogP contribution in [0.4, 0.5) is 0 Å². The van der Waals surface area contributed by atoms with E-state index in [0.29, 0.717) is 0 Å². The van der Waals surface area contributed by atoms with Gasteiger partial charge in [-0.2, -0.15) is 0 Å². The van der Waals surface area contributed by atoms with Gasteiger partial charge in [0.1, 0.15) is 0 Å². The maximum atomic E-state index is 3.80. The summed E-state index contributed by atoms with van der Waals surface area (Å²) < 4.78 is 3.60. The van der Waals surface area contributed by atoms with Crippen molar-refractivity contribution in [3.05, 3.63) is 22.4 Å². The van der Waals surface area contributed by atoms with Gasteiger partial charge in [-0.3, -0.25) is 0 Å². The number of allylic oxidation sites excluding steroid dienone is 2. The van der Waals surface area contributed by atoms with E-state index >= 15 is 0 Å². The van der Waals surface area contributed by atoms with Crippen molar-refractivity contribution in [1.82, 2.24) is 0 Å². The molecule has 1 heteroatoms. The molecule has 1 aliphatic heterocycles.